The first-order valence-electron chi connectivity index (χ1n) is 4.24. The summed E-state index contributed by atoms with van der Waals surface area (Å²) in [4.78, 5) is 10.4. The summed E-state index contributed by atoms with van der Waals surface area (Å²) in [7, 11) is -4.14. The van der Waals surface area contributed by atoms with E-state index in [9.17, 15) is 13.2 Å². The Morgan fingerprint density at radius 3 is 2.20 bits per heavy atom. The minimum Gasteiger partial charge on any atom is -0.447 e. The van der Waals surface area contributed by atoms with Crippen molar-refractivity contribution in [1.29, 1.82) is 0 Å². The standard InChI is InChI=1S/C9H8O5S/c10-9-8(14-9)5-6-1-3-7(4-2-6)15(11,12)13/h1-4,8H,5H2,(H,11,12,13). The van der Waals surface area contributed by atoms with E-state index in [-0.39, 0.29) is 17.0 Å². The Labute approximate surface area is 86.4 Å². The lowest BCUT2D eigenvalue weighted by Gasteiger charge is -1.98. The van der Waals surface area contributed by atoms with Gasteiger partial charge in [0.05, 0.1) is 4.90 Å². The van der Waals surface area contributed by atoms with E-state index >= 15 is 0 Å². The largest absolute Gasteiger partial charge is 0.447 e. The number of benzene rings is 1. The number of cyclic esters (lactones) is 1. The van der Waals surface area contributed by atoms with E-state index < -0.39 is 10.1 Å². The summed E-state index contributed by atoms with van der Waals surface area (Å²) >= 11 is 0. The molecule has 1 aliphatic heterocycles. The van der Waals surface area contributed by atoms with Crippen LogP contribution in [0.15, 0.2) is 29.2 Å². The van der Waals surface area contributed by atoms with Crippen LogP contribution in [-0.2, 0) is 26.1 Å². The Balaban J connectivity index is 2.14. The van der Waals surface area contributed by atoms with Gasteiger partial charge < -0.3 is 4.74 Å². The van der Waals surface area contributed by atoms with Crippen molar-refractivity contribution in [3.8, 4) is 0 Å². The summed E-state index contributed by atoms with van der Waals surface area (Å²) in [6, 6.07) is 5.66. The number of hydrogen-bond acceptors (Lipinski definition) is 4. The van der Waals surface area contributed by atoms with Gasteiger partial charge in [-0.05, 0) is 17.7 Å². The van der Waals surface area contributed by atoms with Crippen LogP contribution < -0.4 is 0 Å². The second-order valence-electron chi connectivity index (χ2n) is 3.25. The predicted molar refractivity (Wildman–Crippen MR) is 49.8 cm³/mol. The molecular formula is C9H8O5S. The SMILES string of the molecule is O=C1OC1Cc1ccc(S(=O)(=O)O)cc1. The van der Waals surface area contributed by atoms with Gasteiger partial charge in [0.25, 0.3) is 10.1 Å². The highest BCUT2D eigenvalue weighted by Gasteiger charge is 2.37. The van der Waals surface area contributed by atoms with E-state index in [0.29, 0.717) is 6.42 Å². The Morgan fingerprint density at radius 2 is 1.80 bits per heavy atom. The molecule has 1 fully saturated rings. The number of ether oxygens (including phenoxy) is 1. The van der Waals surface area contributed by atoms with E-state index in [4.69, 9.17) is 4.55 Å². The van der Waals surface area contributed by atoms with Gasteiger partial charge >= 0.3 is 5.97 Å². The quantitative estimate of drug-likeness (QED) is 0.598. The zero-order chi connectivity index (χ0) is 11.1. The van der Waals surface area contributed by atoms with Crippen molar-refractivity contribution in [3.05, 3.63) is 29.8 Å². The summed E-state index contributed by atoms with van der Waals surface area (Å²) in [6.07, 6.45) is 0.0477. The van der Waals surface area contributed by atoms with Crippen LogP contribution in [0.25, 0.3) is 0 Å². The molecular weight excluding hydrogens is 220 g/mol. The highest BCUT2D eigenvalue weighted by Crippen LogP contribution is 2.19. The number of hydrogen-bond donors (Lipinski definition) is 1. The van der Waals surface area contributed by atoms with Gasteiger partial charge in [0, 0.05) is 6.42 Å². The van der Waals surface area contributed by atoms with Crippen LogP contribution in [0.3, 0.4) is 0 Å². The summed E-state index contributed by atoms with van der Waals surface area (Å²) < 4.78 is 34.7. The monoisotopic (exact) mass is 228 g/mol. The van der Waals surface area contributed by atoms with E-state index in [2.05, 4.69) is 4.74 Å². The van der Waals surface area contributed by atoms with Crippen LogP contribution in [-0.4, -0.2) is 25.0 Å². The van der Waals surface area contributed by atoms with Crippen LogP contribution in [0.1, 0.15) is 5.56 Å². The summed E-state index contributed by atoms with van der Waals surface area (Å²) in [5.41, 5.74) is 0.790. The van der Waals surface area contributed by atoms with Gasteiger partial charge in [-0.3, -0.25) is 4.55 Å². The molecule has 0 aromatic heterocycles. The normalized spacial score (nSPS) is 19.8. The topological polar surface area (TPSA) is 84.0 Å². The Bertz CT molecular complexity index is 488. The molecule has 80 valence electrons. The summed E-state index contributed by atoms with van der Waals surface area (Å²) in [5, 5.41) is 0. The third-order valence-electron chi connectivity index (χ3n) is 2.11. The van der Waals surface area contributed by atoms with Crippen LogP contribution in [0.2, 0.25) is 0 Å². The number of carbonyl (C=O) groups is 1. The molecule has 0 saturated carbocycles. The first-order chi connectivity index (χ1) is 6.97. The fraction of sp³-hybridized carbons (Fsp3) is 0.222. The third-order valence-corrected chi connectivity index (χ3v) is 2.97. The lowest BCUT2D eigenvalue weighted by atomic mass is 10.1. The van der Waals surface area contributed by atoms with Gasteiger partial charge in [0.2, 0.25) is 6.10 Å². The second-order valence-corrected chi connectivity index (χ2v) is 4.67. The molecule has 0 spiro atoms. The minimum absolute atomic E-state index is 0.158. The number of carbonyl (C=O) groups excluding carboxylic acids is 1. The Hall–Kier alpha value is -1.40. The molecule has 2 rings (SSSR count). The molecule has 1 N–H and O–H groups in total. The molecule has 0 aliphatic carbocycles. The van der Waals surface area contributed by atoms with Crippen molar-refractivity contribution >= 4 is 16.1 Å². The molecule has 5 nitrogen and oxygen atoms in total. The van der Waals surface area contributed by atoms with E-state index in [1.165, 1.54) is 24.3 Å². The minimum atomic E-state index is -4.14. The number of epoxide rings is 1. The van der Waals surface area contributed by atoms with Crippen molar-refractivity contribution in [2.24, 2.45) is 0 Å². The molecule has 1 aromatic carbocycles. The van der Waals surface area contributed by atoms with Crippen LogP contribution in [0, 0.1) is 0 Å². The molecule has 0 bridgehead atoms. The predicted octanol–water partition coefficient (Wildman–Crippen LogP) is 0.401. The van der Waals surface area contributed by atoms with Gasteiger partial charge in [-0.25, -0.2) is 4.79 Å². The summed E-state index contributed by atoms with van der Waals surface area (Å²) in [6.45, 7) is 0. The molecule has 1 unspecified atom stereocenters. The first kappa shape index (κ1) is 10.1. The van der Waals surface area contributed by atoms with Crippen LogP contribution in [0.4, 0.5) is 0 Å². The molecule has 1 atom stereocenters. The van der Waals surface area contributed by atoms with Crippen molar-refractivity contribution in [2.45, 2.75) is 17.4 Å². The Kier molecular flexibility index (Phi) is 2.24. The van der Waals surface area contributed by atoms with E-state index in [1.807, 2.05) is 0 Å². The first-order valence-corrected chi connectivity index (χ1v) is 5.68. The zero-order valence-electron chi connectivity index (χ0n) is 7.58. The van der Waals surface area contributed by atoms with Gasteiger partial charge in [-0.1, -0.05) is 12.1 Å². The fourth-order valence-corrected chi connectivity index (χ4v) is 1.72. The van der Waals surface area contributed by atoms with Crippen molar-refractivity contribution in [2.75, 3.05) is 0 Å². The average Bonchev–Trinajstić information content (AvgIpc) is 2.81. The fourth-order valence-electron chi connectivity index (χ4n) is 1.24. The maximum absolute atomic E-state index is 10.7. The molecule has 1 saturated heterocycles. The van der Waals surface area contributed by atoms with Gasteiger partial charge in [-0.2, -0.15) is 8.42 Å². The third kappa shape index (κ3) is 2.34. The molecule has 1 aromatic rings. The number of rotatable bonds is 3. The average molecular weight is 228 g/mol. The van der Waals surface area contributed by atoms with Gasteiger partial charge in [0.1, 0.15) is 0 Å². The smallest absolute Gasteiger partial charge is 0.348 e. The maximum atomic E-state index is 10.7. The molecule has 0 amide bonds. The maximum Gasteiger partial charge on any atom is 0.348 e. The highest BCUT2D eigenvalue weighted by atomic mass is 32.2. The van der Waals surface area contributed by atoms with Crippen molar-refractivity contribution in [1.82, 2.24) is 0 Å². The lowest BCUT2D eigenvalue weighted by Crippen LogP contribution is -1.99. The molecule has 1 heterocycles. The molecule has 0 radical (unpaired) electrons. The van der Waals surface area contributed by atoms with Gasteiger partial charge in [0.15, 0.2) is 0 Å². The van der Waals surface area contributed by atoms with Gasteiger partial charge in [-0.15, -0.1) is 0 Å². The van der Waals surface area contributed by atoms with E-state index in [0.717, 1.165) is 5.56 Å². The van der Waals surface area contributed by atoms with Crippen LogP contribution >= 0.6 is 0 Å². The zero-order valence-corrected chi connectivity index (χ0v) is 8.40. The highest BCUT2D eigenvalue weighted by molar-refractivity contribution is 7.85. The summed E-state index contributed by atoms with van der Waals surface area (Å²) in [5.74, 6) is -0.242. The Morgan fingerprint density at radius 1 is 1.27 bits per heavy atom. The van der Waals surface area contributed by atoms with Crippen LogP contribution in [0.5, 0.6) is 0 Å². The molecule has 1 aliphatic rings. The second kappa shape index (κ2) is 3.32. The molecule has 6 heteroatoms. The lowest BCUT2D eigenvalue weighted by molar-refractivity contribution is -0.117. The molecule has 15 heavy (non-hydrogen) atoms. The van der Waals surface area contributed by atoms with Crippen molar-refractivity contribution < 1.29 is 22.5 Å². The van der Waals surface area contributed by atoms with E-state index in [1.54, 1.807) is 0 Å². The van der Waals surface area contributed by atoms with Crippen molar-refractivity contribution in [3.63, 3.8) is 0 Å².